The average molecular weight is 731 g/mol. The van der Waals surface area contributed by atoms with Crippen LogP contribution >= 0.6 is 72.3 Å². The molecule has 42 heavy (non-hydrogen) atoms. The molecular weight excluding hydrogens is 683 g/mol. The average Bonchev–Trinajstić information content (AvgIpc) is 2.84. The summed E-state index contributed by atoms with van der Waals surface area (Å²) in [5, 5.41) is 2.65. The number of halogens is 4. The highest BCUT2D eigenvalue weighted by Gasteiger charge is 2.24. The van der Waals surface area contributed by atoms with Gasteiger partial charge in [0.2, 0.25) is 0 Å². The summed E-state index contributed by atoms with van der Waals surface area (Å²) in [6, 6.07) is 6.65. The molecule has 0 aliphatic carbocycles. The Kier molecular flexibility index (Phi) is 12.6. The van der Waals surface area contributed by atoms with Gasteiger partial charge in [-0.1, -0.05) is 153 Å². The van der Waals surface area contributed by atoms with Crippen LogP contribution in [0.3, 0.4) is 0 Å². The van der Waals surface area contributed by atoms with Crippen LogP contribution in [0.4, 0.5) is 0 Å². The van der Waals surface area contributed by atoms with Gasteiger partial charge >= 0.3 is 0 Å². The highest BCUT2D eigenvalue weighted by Crippen LogP contribution is 2.48. The van der Waals surface area contributed by atoms with Gasteiger partial charge in [-0.3, -0.25) is 0 Å². The maximum Gasteiger partial charge on any atom is 0.0484 e. The number of benzene rings is 3. The molecule has 3 aromatic carbocycles. The van der Waals surface area contributed by atoms with Crippen LogP contribution in [0.1, 0.15) is 112 Å². The summed E-state index contributed by atoms with van der Waals surface area (Å²) >= 11 is 23.4. The highest BCUT2D eigenvalue weighted by molar-refractivity contribution is 9.10. The minimum Gasteiger partial charge on any atom is -0.0837 e. The Hall–Kier alpha value is -0.290. The van der Waals surface area contributed by atoms with Crippen LogP contribution in [0.15, 0.2) is 32.5 Å². The van der Waals surface area contributed by atoms with E-state index in [0.29, 0.717) is 0 Å². The van der Waals surface area contributed by atoms with Gasteiger partial charge in [0.15, 0.2) is 0 Å². The summed E-state index contributed by atoms with van der Waals surface area (Å²) in [5.41, 5.74) is 11.1. The maximum atomic E-state index is 6.75. The molecular formula is C36H48BrCl3S2. The molecule has 0 unspecified atom stereocenters. The summed E-state index contributed by atoms with van der Waals surface area (Å²) in [6.07, 6.45) is 0. The van der Waals surface area contributed by atoms with Crippen molar-refractivity contribution in [2.75, 3.05) is 0 Å². The molecule has 0 bridgehead atoms. The molecule has 232 valence electrons. The van der Waals surface area contributed by atoms with Crippen molar-refractivity contribution in [3.05, 3.63) is 87.8 Å². The van der Waals surface area contributed by atoms with Crippen LogP contribution in [-0.2, 0) is 16.2 Å². The lowest BCUT2D eigenvalue weighted by molar-refractivity contribution is 0.588. The summed E-state index contributed by atoms with van der Waals surface area (Å²) in [6.45, 7) is 32.6. The Balaban J connectivity index is 0.000000369. The van der Waals surface area contributed by atoms with Crippen molar-refractivity contribution < 1.29 is 0 Å². The van der Waals surface area contributed by atoms with Crippen molar-refractivity contribution in [3.8, 4) is 0 Å². The molecule has 0 atom stereocenters. The van der Waals surface area contributed by atoms with Crippen molar-refractivity contribution in [2.24, 2.45) is 0 Å². The van der Waals surface area contributed by atoms with Gasteiger partial charge in [0.05, 0.1) is 0 Å². The van der Waals surface area contributed by atoms with Gasteiger partial charge in [-0.15, -0.1) is 0 Å². The van der Waals surface area contributed by atoms with E-state index in [2.05, 4.69) is 138 Å². The zero-order valence-corrected chi connectivity index (χ0v) is 33.5. The molecule has 0 spiro atoms. The van der Waals surface area contributed by atoms with E-state index in [1.807, 2.05) is 0 Å². The Morgan fingerprint density at radius 3 is 1.02 bits per heavy atom. The van der Waals surface area contributed by atoms with Crippen LogP contribution < -0.4 is 0 Å². The van der Waals surface area contributed by atoms with E-state index in [9.17, 15) is 0 Å². The predicted octanol–water partition coefficient (Wildman–Crippen LogP) is 14.6. The first-order chi connectivity index (χ1) is 18.9. The molecule has 3 rings (SSSR count). The molecule has 0 aliphatic rings. The summed E-state index contributed by atoms with van der Waals surface area (Å²) < 4.78 is 1.12. The molecule has 0 saturated heterocycles. The molecule has 0 nitrogen and oxygen atoms in total. The third-order valence-electron chi connectivity index (χ3n) is 7.48. The molecule has 0 heterocycles. The molecule has 6 heteroatoms. The van der Waals surface area contributed by atoms with E-state index in [-0.39, 0.29) is 16.2 Å². The van der Waals surface area contributed by atoms with E-state index in [4.69, 9.17) is 34.8 Å². The molecule has 0 radical (unpaired) electrons. The topological polar surface area (TPSA) is 0 Å². The van der Waals surface area contributed by atoms with E-state index < -0.39 is 0 Å². The van der Waals surface area contributed by atoms with Crippen molar-refractivity contribution in [1.82, 2.24) is 0 Å². The molecule has 0 N–H and O–H groups in total. The van der Waals surface area contributed by atoms with E-state index in [0.717, 1.165) is 36.2 Å². The Morgan fingerprint density at radius 1 is 0.476 bits per heavy atom. The van der Waals surface area contributed by atoms with Gasteiger partial charge < -0.3 is 0 Å². The minimum atomic E-state index is 0.0342. The summed E-state index contributed by atoms with van der Waals surface area (Å²) in [7, 11) is 3.57. The Labute approximate surface area is 288 Å². The number of hydrogen-bond donors (Lipinski definition) is 0. The largest absolute Gasteiger partial charge is 0.0837 e. The van der Waals surface area contributed by atoms with Gasteiger partial charge in [0.1, 0.15) is 0 Å². The van der Waals surface area contributed by atoms with Crippen molar-refractivity contribution in [3.63, 3.8) is 0 Å². The lowest BCUT2D eigenvalue weighted by atomic mass is 9.85. The van der Waals surface area contributed by atoms with E-state index >= 15 is 0 Å². The summed E-state index contributed by atoms with van der Waals surface area (Å²) in [5.74, 6) is 0. The molecule has 3 aromatic rings. The monoisotopic (exact) mass is 728 g/mol. The SMILES string of the molecule is Cc1cc(C(C)(C)C)c(Cl)c(C)c1Br.Cc1cc(C(C)(C)C)c(Cl)c(C)c1SSc1c(C)cc(C(C)(C)C)c(Cl)c1C. The lowest BCUT2D eigenvalue weighted by Gasteiger charge is -2.25. The minimum absolute atomic E-state index is 0.0342. The third-order valence-corrected chi connectivity index (χ3v) is 13.1. The van der Waals surface area contributed by atoms with Gasteiger partial charge in [-0.2, -0.15) is 0 Å². The first kappa shape index (κ1) is 37.9. The zero-order valence-electron chi connectivity index (χ0n) is 28.1. The van der Waals surface area contributed by atoms with E-state index in [1.54, 1.807) is 21.6 Å². The molecule has 0 aliphatic heterocycles. The zero-order chi connectivity index (χ0) is 32.7. The first-order valence-corrected chi connectivity index (χ1v) is 18.4. The van der Waals surface area contributed by atoms with Gasteiger partial charge in [0, 0.05) is 29.3 Å². The standard InChI is InChI=1S/C24H32Cl2S2.C12H16BrCl/c1-13-11-17(23(5,6)7)19(25)15(3)21(13)27-28-22-14(2)12-18(24(8,9)10)20(26)16(22)4;1-7-6-9(12(3,4)5)11(14)8(2)10(7)13/h11-12H,1-10H3;6H,1-5H3. The fraction of sp³-hybridized carbons (Fsp3) is 0.500. The maximum absolute atomic E-state index is 6.75. The van der Waals surface area contributed by atoms with Crippen LogP contribution in [0, 0.1) is 41.5 Å². The molecule has 0 aromatic heterocycles. The first-order valence-electron chi connectivity index (χ1n) is 14.3. The van der Waals surface area contributed by atoms with Crippen molar-refractivity contribution in [1.29, 1.82) is 0 Å². The third kappa shape index (κ3) is 8.70. The summed E-state index contributed by atoms with van der Waals surface area (Å²) in [4.78, 5) is 2.50. The second kappa shape index (κ2) is 14.0. The Morgan fingerprint density at radius 2 is 0.738 bits per heavy atom. The van der Waals surface area contributed by atoms with E-state index in [1.165, 1.54) is 43.2 Å². The van der Waals surface area contributed by atoms with Gasteiger partial charge in [-0.05, 0) is 108 Å². The van der Waals surface area contributed by atoms with Crippen LogP contribution in [0.25, 0.3) is 0 Å². The van der Waals surface area contributed by atoms with Crippen LogP contribution in [0.5, 0.6) is 0 Å². The predicted molar refractivity (Wildman–Crippen MR) is 198 cm³/mol. The normalized spacial score (nSPS) is 12.4. The lowest BCUT2D eigenvalue weighted by Crippen LogP contribution is -2.13. The van der Waals surface area contributed by atoms with Crippen molar-refractivity contribution in [2.45, 2.75) is 130 Å². The quantitative estimate of drug-likeness (QED) is 0.246. The number of aryl methyl sites for hydroxylation is 3. The second-order valence-electron chi connectivity index (χ2n) is 14.4. The number of hydrogen-bond acceptors (Lipinski definition) is 2. The molecule has 0 saturated carbocycles. The van der Waals surface area contributed by atoms with Crippen molar-refractivity contribution >= 4 is 72.3 Å². The number of rotatable bonds is 3. The molecule has 0 amide bonds. The fourth-order valence-corrected chi connectivity index (χ4v) is 9.68. The second-order valence-corrected chi connectivity index (χ2v) is 18.5. The van der Waals surface area contributed by atoms with Gasteiger partial charge in [-0.25, -0.2) is 0 Å². The smallest absolute Gasteiger partial charge is 0.0484 e. The highest BCUT2D eigenvalue weighted by atomic mass is 79.9. The fourth-order valence-electron chi connectivity index (χ4n) is 4.80. The Bertz CT molecular complexity index is 1390. The van der Waals surface area contributed by atoms with Gasteiger partial charge in [0.25, 0.3) is 0 Å². The molecule has 0 fully saturated rings. The van der Waals surface area contributed by atoms with Crippen LogP contribution in [-0.4, -0.2) is 0 Å². The van der Waals surface area contributed by atoms with Crippen LogP contribution in [0.2, 0.25) is 15.1 Å².